The predicted octanol–water partition coefficient (Wildman–Crippen LogP) is -4.92. The van der Waals surface area contributed by atoms with E-state index in [4.69, 9.17) is 28.4 Å². The van der Waals surface area contributed by atoms with Gasteiger partial charge in [-0.3, -0.25) is 9.11 Å². The molecule has 1 fully saturated rings. The van der Waals surface area contributed by atoms with Crippen LogP contribution in [0.15, 0.2) is 11.8 Å². The topological polar surface area (TPSA) is 276 Å². The summed E-state index contributed by atoms with van der Waals surface area (Å²) in [7, 11) is -10.2. The van der Waals surface area contributed by atoms with Gasteiger partial charge in [0, 0.05) is 0 Å². The SMILES string of the molecule is O=C(O)C1=C[C@@H](O)[C@@H](OS(=O)(=O)O)[C@H](O[C@@H]2[C@@H](O)[C@H](NS(=O)(=O)O)[C@@H](O)O[C@H]2CO)O1. The summed E-state index contributed by atoms with van der Waals surface area (Å²) in [4.78, 5) is 11.1. The van der Waals surface area contributed by atoms with Crippen molar-refractivity contribution in [1.82, 2.24) is 4.72 Å². The minimum absolute atomic E-state index is 0.516. The van der Waals surface area contributed by atoms with Crippen molar-refractivity contribution in [3.63, 3.8) is 0 Å². The lowest BCUT2D eigenvalue weighted by molar-refractivity contribution is -0.303. The van der Waals surface area contributed by atoms with Crippen LogP contribution in [0.25, 0.3) is 0 Å². The Morgan fingerprint density at radius 1 is 1.13 bits per heavy atom. The number of carboxylic acid groups (broad SMARTS) is 1. The zero-order valence-electron chi connectivity index (χ0n) is 15.0. The summed E-state index contributed by atoms with van der Waals surface area (Å²) in [6.07, 6.45) is -13.6. The van der Waals surface area contributed by atoms with Crippen molar-refractivity contribution < 1.29 is 74.7 Å². The first kappa shape index (κ1) is 25.8. The molecular formula is C12H19NO16S2. The third kappa shape index (κ3) is 6.74. The van der Waals surface area contributed by atoms with E-state index in [1.54, 1.807) is 0 Å². The normalized spacial score (nSPS) is 37.0. The van der Waals surface area contributed by atoms with Gasteiger partial charge in [-0.05, 0) is 6.08 Å². The maximum Gasteiger partial charge on any atom is 0.397 e. The van der Waals surface area contributed by atoms with Gasteiger partial charge in [0.2, 0.25) is 12.0 Å². The molecule has 1 saturated heterocycles. The molecule has 17 nitrogen and oxygen atoms in total. The van der Waals surface area contributed by atoms with Gasteiger partial charge in [0.25, 0.3) is 0 Å². The second-order valence-corrected chi connectivity index (χ2v) is 8.49. The van der Waals surface area contributed by atoms with Gasteiger partial charge in [0.1, 0.15) is 30.5 Å². The maximum absolute atomic E-state index is 11.1. The Morgan fingerprint density at radius 3 is 2.23 bits per heavy atom. The van der Waals surface area contributed by atoms with Crippen LogP contribution in [-0.4, -0.2) is 113 Å². The highest BCUT2D eigenvalue weighted by Gasteiger charge is 2.50. The van der Waals surface area contributed by atoms with E-state index in [9.17, 15) is 42.1 Å². The van der Waals surface area contributed by atoms with E-state index in [2.05, 4.69) is 4.18 Å². The molecule has 8 atom stereocenters. The van der Waals surface area contributed by atoms with Crippen molar-refractivity contribution in [2.75, 3.05) is 6.61 Å². The Kier molecular flexibility index (Phi) is 7.95. The average molecular weight is 497 g/mol. The van der Waals surface area contributed by atoms with Crippen LogP contribution in [0.3, 0.4) is 0 Å². The Balaban J connectivity index is 2.36. The Hall–Kier alpha value is -1.49. The second kappa shape index (κ2) is 9.56. The van der Waals surface area contributed by atoms with Crippen molar-refractivity contribution in [2.24, 2.45) is 0 Å². The van der Waals surface area contributed by atoms with E-state index in [1.807, 2.05) is 0 Å². The highest BCUT2D eigenvalue weighted by Crippen LogP contribution is 2.29. The lowest BCUT2D eigenvalue weighted by Gasteiger charge is -2.44. The number of carboxylic acids is 1. The van der Waals surface area contributed by atoms with Crippen molar-refractivity contribution in [3.05, 3.63) is 11.8 Å². The fraction of sp³-hybridized carbons (Fsp3) is 0.750. The van der Waals surface area contributed by atoms with Gasteiger partial charge >= 0.3 is 26.7 Å². The molecule has 0 spiro atoms. The van der Waals surface area contributed by atoms with Crippen LogP contribution in [0.5, 0.6) is 0 Å². The lowest BCUT2D eigenvalue weighted by Crippen LogP contribution is -2.66. The third-order valence-electron chi connectivity index (χ3n) is 4.06. The number of aliphatic hydroxyl groups is 4. The molecule has 0 aromatic carbocycles. The van der Waals surface area contributed by atoms with E-state index in [0.717, 1.165) is 0 Å². The number of carbonyl (C=O) groups is 1. The Labute approximate surface area is 174 Å². The van der Waals surface area contributed by atoms with Crippen LogP contribution in [0.1, 0.15) is 0 Å². The number of nitrogens with one attached hydrogen (secondary N) is 1. The molecule has 0 aromatic rings. The van der Waals surface area contributed by atoms with Gasteiger partial charge in [0.05, 0.1) is 6.61 Å². The molecule has 180 valence electrons. The minimum atomic E-state index is -5.25. The second-order valence-electron chi connectivity index (χ2n) is 6.26. The number of aliphatic hydroxyl groups excluding tert-OH is 4. The molecule has 0 aromatic heterocycles. The third-order valence-corrected chi connectivity index (χ3v) is 5.10. The van der Waals surface area contributed by atoms with E-state index in [1.165, 1.54) is 4.72 Å². The van der Waals surface area contributed by atoms with Crippen LogP contribution in [0.2, 0.25) is 0 Å². The quantitative estimate of drug-likeness (QED) is 0.146. The molecule has 2 aliphatic rings. The number of hydrogen-bond acceptors (Lipinski definition) is 13. The van der Waals surface area contributed by atoms with Gasteiger partial charge in [-0.15, -0.1) is 0 Å². The summed E-state index contributed by atoms with van der Waals surface area (Å²) < 4.78 is 82.5. The van der Waals surface area contributed by atoms with Gasteiger partial charge < -0.3 is 39.7 Å². The number of aliphatic carboxylic acids is 1. The molecule has 19 heteroatoms. The predicted molar refractivity (Wildman–Crippen MR) is 90.3 cm³/mol. The molecule has 2 heterocycles. The monoisotopic (exact) mass is 497 g/mol. The van der Waals surface area contributed by atoms with Gasteiger partial charge in [-0.25, -0.2) is 8.98 Å². The number of ether oxygens (including phenoxy) is 3. The van der Waals surface area contributed by atoms with Gasteiger partial charge in [0.15, 0.2) is 12.4 Å². The zero-order valence-corrected chi connectivity index (χ0v) is 16.7. The molecule has 0 bridgehead atoms. The van der Waals surface area contributed by atoms with Crippen LogP contribution in [-0.2, 0) is 43.9 Å². The first-order chi connectivity index (χ1) is 14.1. The molecule has 0 unspecified atom stereocenters. The fourth-order valence-electron chi connectivity index (χ4n) is 2.82. The molecule has 2 aliphatic heterocycles. The minimum Gasteiger partial charge on any atom is -0.475 e. The Bertz CT molecular complexity index is 902. The van der Waals surface area contributed by atoms with Gasteiger partial charge in [-0.2, -0.15) is 21.6 Å². The molecule has 0 saturated carbocycles. The standard InChI is InChI=1S/C12H19NO16S2/c14-2-5-9(7(16)6(11(19)26-5)13-30(20,21)22)28-12-8(29-31(23,24)25)3(15)1-4(27-12)10(17)18/h1,3,5-9,11-16,19H,2H2,(H,17,18)(H,20,21,22)(H,23,24,25)/t3-,5+,6+,7+,8-,9+,11+,12+/m1/s1. The lowest BCUT2D eigenvalue weighted by atomic mass is 9.97. The van der Waals surface area contributed by atoms with E-state index in [0.29, 0.717) is 6.08 Å². The first-order valence-electron chi connectivity index (χ1n) is 8.11. The van der Waals surface area contributed by atoms with Crippen molar-refractivity contribution >= 4 is 26.7 Å². The smallest absolute Gasteiger partial charge is 0.397 e. The number of hydrogen-bond donors (Lipinski definition) is 8. The summed E-state index contributed by atoms with van der Waals surface area (Å²) in [5.41, 5.74) is 0. The molecule has 0 radical (unpaired) electrons. The Morgan fingerprint density at radius 2 is 1.74 bits per heavy atom. The molecular weight excluding hydrogens is 478 g/mol. The zero-order chi connectivity index (χ0) is 23.7. The summed E-state index contributed by atoms with van der Waals surface area (Å²) in [5, 5.41) is 48.6. The molecule has 0 aliphatic carbocycles. The molecule has 0 amide bonds. The summed E-state index contributed by atoms with van der Waals surface area (Å²) in [6, 6.07) is -1.98. The van der Waals surface area contributed by atoms with Crippen LogP contribution >= 0.6 is 0 Å². The summed E-state index contributed by atoms with van der Waals surface area (Å²) >= 11 is 0. The van der Waals surface area contributed by atoms with E-state index >= 15 is 0 Å². The van der Waals surface area contributed by atoms with E-state index in [-0.39, 0.29) is 0 Å². The first-order valence-corrected chi connectivity index (χ1v) is 10.9. The molecule has 31 heavy (non-hydrogen) atoms. The highest BCUT2D eigenvalue weighted by atomic mass is 32.3. The number of rotatable bonds is 8. The molecule has 8 N–H and O–H groups in total. The van der Waals surface area contributed by atoms with E-state index < -0.39 is 88.2 Å². The summed E-state index contributed by atoms with van der Waals surface area (Å²) in [5.74, 6) is -2.69. The van der Waals surface area contributed by atoms with Crippen molar-refractivity contribution in [1.29, 1.82) is 0 Å². The fourth-order valence-corrected chi connectivity index (χ4v) is 3.90. The average Bonchev–Trinajstić information content (AvgIpc) is 2.61. The summed E-state index contributed by atoms with van der Waals surface area (Å²) in [6.45, 7) is -0.974. The largest absolute Gasteiger partial charge is 0.475 e. The highest BCUT2D eigenvalue weighted by molar-refractivity contribution is 7.83. The molecule has 2 rings (SSSR count). The van der Waals surface area contributed by atoms with Crippen molar-refractivity contribution in [2.45, 2.75) is 49.1 Å². The maximum atomic E-state index is 11.1. The van der Waals surface area contributed by atoms with Crippen LogP contribution < -0.4 is 4.72 Å². The van der Waals surface area contributed by atoms with Crippen LogP contribution in [0.4, 0.5) is 0 Å². The van der Waals surface area contributed by atoms with Crippen molar-refractivity contribution in [3.8, 4) is 0 Å². The van der Waals surface area contributed by atoms with Gasteiger partial charge in [-0.1, -0.05) is 0 Å². The van der Waals surface area contributed by atoms with Crippen LogP contribution in [0, 0.1) is 0 Å².